The molecule has 0 spiro atoms. The maximum atomic E-state index is 13.3. The zero-order chi connectivity index (χ0) is 15.9. The monoisotopic (exact) mass is 305 g/mol. The standard InChI is InChI=1S/C20H16FNO/c21-16-8-3-7-15(13-16)19(23)22-20(11-12-20)18-10-4-6-14-5-1-2-9-17(14)18/h1-10,13H,11-12H2,(H,22,23). The lowest BCUT2D eigenvalue weighted by atomic mass is 9.96. The van der Waals surface area contributed by atoms with Crippen LogP contribution in [0.2, 0.25) is 0 Å². The largest absolute Gasteiger partial charge is 0.342 e. The molecular weight excluding hydrogens is 289 g/mol. The molecule has 0 unspecified atom stereocenters. The number of hydrogen-bond donors (Lipinski definition) is 1. The summed E-state index contributed by atoms with van der Waals surface area (Å²) in [6.45, 7) is 0. The van der Waals surface area contributed by atoms with Gasteiger partial charge in [0.15, 0.2) is 0 Å². The van der Waals surface area contributed by atoms with Gasteiger partial charge in [0.2, 0.25) is 0 Å². The first-order valence-corrected chi connectivity index (χ1v) is 7.74. The second-order valence-electron chi connectivity index (χ2n) is 6.07. The van der Waals surface area contributed by atoms with Gasteiger partial charge in [0.05, 0.1) is 5.54 Å². The predicted molar refractivity (Wildman–Crippen MR) is 88.7 cm³/mol. The van der Waals surface area contributed by atoms with Crippen LogP contribution in [0.15, 0.2) is 66.7 Å². The minimum atomic E-state index is -0.396. The minimum Gasteiger partial charge on any atom is -0.342 e. The van der Waals surface area contributed by atoms with E-state index in [1.807, 2.05) is 18.2 Å². The highest BCUT2D eigenvalue weighted by Crippen LogP contribution is 2.48. The Balaban J connectivity index is 1.69. The van der Waals surface area contributed by atoms with E-state index in [0.717, 1.165) is 29.2 Å². The Bertz CT molecular complexity index is 894. The topological polar surface area (TPSA) is 29.1 Å². The second kappa shape index (κ2) is 5.20. The molecule has 3 aromatic rings. The summed E-state index contributed by atoms with van der Waals surface area (Å²) in [6.07, 6.45) is 1.81. The number of carbonyl (C=O) groups excluding carboxylic acids is 1. The molecule has 0 radical (unpaired) electrons. The van der Waals surface area contributed by atoms with Gasteiger partial charge in [-0.15, -0.1) is 0 Å². The van der Waals surface area contributed by atoms with E-state index < -0.39 is 5.82 Å². The highest BCUT2D eigenvalue weighted by atomic mass is 19.1. The smallest absolute Gasteiger partial charge is 0.252 e. The van der Waals surface area contributed by atoms with Crippen molar-refractivity contribution < 1.29 is 9.18 Å². The summed E-state index contributed by atoms with van der Waals surface area (Å²) in [4.78, 5) is 12.5. The molecule has 0 aromatic heterocycles. The minimum absolute atomic E-state index is 0.227. The summed E-state index contributed by atoms with van der Waals surface area (Å²) in [5.41, 5.74) is 1.17. The second-order valence-corrected chi connectivity index (χ2v) is 6.07. The van der Waals surface area contributed by atoms with Crippen LogP contribution in [-0.4, -0.2) is 5.91 Å². The molecule has 4 rings (SSSR count). The Morgan fingerprint density at radius 3 is 2.48 bits per heavy atom. The van der Waals surface area contributed by atoms with Gasteiger partial charge in [-0.2, -0.15) is 0 Å². The Morgan fingerprint density at radius 2 is 1.70 bits per heavy atom. The molecule has 114 valence electrons. The summed E-state index contributed by atoms with van der Waals surface area (Å²) < 4.78 is 13.3. The molecular formula is C20H16FNO. The van der Waals surface area contributed by atoms with Crippen molar-refractivity contribution in [2.24, 2.45) is 0 Å². The number of amides is 1. The Morgan fingerprint density at radius 1 is 0.957 bits per heavy atom. The molecule has 1 fully saturated rings. The van der Waals surface area contributed by atoms with Crippen LogP contribution < -0.4 is 5.32 Å². The number of rotatable bonds is 3. The molecule has 1 amide bonds. The van der Waals surface area contributed by atoms with Crippen molar-refractivity contribution in [3.63, 3.8) is 0 Å². The van der Waals surface area contributed by atoms with Crippen molar-refractivity contribution in [1.82, 2.24) is 5.32 Å². The third-order valence-electron chi connectivity index (χ3n) is 4.49. The summed E-state index contributed by atoms with van der Waals surface area (Å²) in [5.74, 6) is -0.623. The quantitative estimate of drug-likeness (QED) is 0.763. The summed E-state index contributed by atoms with van der Waals surface area (Å²) in [6, 6.07) is 20.1. The van der Waals surface area contributed by atoms with E-state index in [4.69, 9.17) is 0 Å². The van der Waals surface area contributed by atoms with Crippen molar-refractivity contribution in [3.8, 4) is 0 Å². The van der Waals surface area contributed by atoms with Crippen molar-refractivity contribution in [2.75, 3.05) is 0 Å². The lowest BCUT2D eigenvalue weighted by molar-refractivity contribution is 0.0930. The van der Waals surface area contributed by atoms with Gasteiger partial charge in [-0.1, -0.05) is 48.5 Å². The maximum absolute atomic E-state index is 13.3. The fraction of sp³-hybridized carbons (Fsp3) is 0.150. The van der Waals surface area contributed by atoms with Crippen LogP contribution in [0, 0.1) is 5.82 Å². The van der Waals surface area contributed by atoms with Crippen molar-refractivity contribution in [3.05, 3.63) is 83.7 Å². The molecule has 0 aliphatic heterocycles. The number of hydrogen-bond acceptors (Lipinski definition) is 1. The van der Waals surface area contributed by atoms with Crippen molar-refractivity contribution in [1.29, 1.82) is 0 Å². The first-order chi connectivity index (χ1) is 11.2. The third kappa shape index (κ3) is 2.48. The van der Waals surface area contributed by atoms with E-state index in [-0.39, 0.29) is 11.4 Å². The number of nitrogens with one attached hydrogen (secondary N) is 1. The normalized spacial score (nSPS) is 15.3. The number of benzene rings is 3. The van der Waals surface area contributed by atoms with Gasteiger partial charge >= 0.3 is 0 Å². The van der Waals surface area contributed by atoms with Gasteiger partial charge in [0, 0.05) is 5.56 Å². The van der Waals surface area contributed by atoms with Crippen molar-refractivity contribution >= 4 is 16.7 Å². The van der Waals surface area contributed by atoms with E-state index in [1.54, 1.807) is 12.1 Å². The Kier molecular flexibility index (Phi) is 3.15. The van der Waals surface area contributed by atoms with Crippen LogP contribution in [0.1, 0.15) is 28.8 Å². The molecule has 1 N–H and O–H groups in total. The molecule has 0 heterocycles. The number of halogens is 1. The highest BCUT2D eigenvalue weighted by Gasteiger charge is 2.46. The first-order valence-electron chi connectivity index (χ1n) is 7.74. The Hall–Kier alpha value is -2.68. The molecule has 0 bridgehead atoms. The van der Waals surface area contributed by atoms with E-state index in [9.17, 15) is 9.18 Å². The molecule has 3 heteroatoms. The van der Waals surface area contributed by atoms with Crippen LogP contribution in [0.25, 0.3) is 10.8 Å². The van der Waals surface area contributed by atoms with Gasteiger partial charge in [0.25, 0.3) is 5.91 Å². The molecule has 1 aliphatic rings. The fourth-order valence-electron chi connectivity index (χ4n) is 3.15. The van der Waals surface area contributed by atoms with Crippen molar-refractivity contribution in [2.45, 2.75) is 18.4 Å². The summed E-state index contributed by atoms with van der Waals surface area (Å²) in [5, 5.41) is 5.44. The summed E-state index contributed by atoms with van der Waals surface area (Å²) in [7, 11) is 0. The molecule has 0 saturated heterocycles. The number of carbonyl (C=O) groups is 1. The third-order valence-corrected chi connectivity index (χ3v) is 4.49. The van der Waals surface area contributed by atoms with Gasteiger partial charge in [-0.25, -0.2) is 4.39 Å². The van der Waals surface area contributed by atoms with E-state index in [2.05, 4.69) is 29.6 Å². The zero-order valence-electron chi connectivity index (χ0n) is 12.6. The highest BCUT2D eigenvalue weighted by molar-refractivity contribution is 5.96. The average molecular weight is 305 g/mol. The molecule has 1 aliphatic carbocycles. The van der Waals surface area contributed by atoms with Crippen LogP contribution >= 0.6 is 0 Å². The fourth-order valence-corrected chi connectivity index (χ4v) is 3.15. The van der Waals surface area contributed by atoms with E-state index in [0.29, 0.717) is 5.56 Å². The van der Waals surface area contributed by atoms with Crippen LogP contribution in [-0.2, 0) is 5.54 Å². The van der Waals surface area contributed by atoms with E-state index >= 15 is 0 Å². The van der Waals surface area contributed by atoms with Gasteiger partial charge < -0.3 is 5.32 Å². The molecule has 2 nitrogen and oxygen atoms in total. The zero-order valence-corrected chi connectivity index (χ0v) is 12.6. The Labute approximate surface area is 134 Å². The number of fused-ring (bicyclic) bond motifs is 1. The van der Waals surface area contributed by atoms with Crippen LogP contribution in [0.5, 0.6) is 0 Å². The maximum Gasteiger partial charge on any atom is 0.252 e. The van der Waals surface area contributed by atoms with E-state index in [1.165, 1.54) is 12.1 Å². The van der Waals surface area contributed by atoms with Gasteiger partial charge in [-0.05, 0) is 47.4 Å². The molecule has 3 aromatic carbocycles. The predicted octanol–water partition coefficient (Wildman–Crippen LogP) is 4.40. The van der Waals surface area contributed by atoms with Gasteiger partial charge in [-0.3, -0.25) is 4.79 Å². The van der Waals surface area contributed by atoms with Crippen LogP contribution in [0.4, 0.5) is 4.39 Å². The molecule has 1 saturated carbocycles. The lowest BCUT2D eigenvalue weighted by Crippen LogP contribution is -2.35. The lowest BCUT2D eigenvalue weighted by Gasteiger charge is -2.20. The SMILES string of the molecule is O=C(NC1(c2cccc3ccccc23)CC1)c1cccc(F)c1. The van der Waals surface area contributed by atoms with Crippen LogP contribution in [0.3, 0.4) is 0 Å². The molecule has 0 atom stereocenters. The first kappa shape index (κ1) is 13.9. The van der Waals surface area contributed by atoms with Gasteiger partial charge in [0.1, 0.15) is 5.82 Å². The average Bonchev–Trinajstić information content (AvgIpc) is 3.35. The molecule has 23 heavy (non-hydrogen) atoms. The summed E-state index contributed by atoms with van der Waals surface area (Å²) >= 11 is 0.